The van der Waals surface area contributed by atoms with E-state index in [0.717, 1.165) is 56.5 Å². The number of aromatic amines is 1. The van der Waals surface area contributed by atoms with Gasteiger partial charge in [-0.05, 0) is 78.6 Å². The summed E-state index contributed by atoms with van der Waals surface area (Å²) in [5.74, 6) is 4.01. The Balaban J connectivity index is 0.000000185. The summed E-state index contributed by atoms with van der Waals surface area (Å²) in [6, 6.07) is 25.8. The predicted octanol–water partition coefficient (Wildman–Crippen LogP) is 13.8. The number of para-hydroxylation sites is 2. The second kappa shape index (κ2) is 18.5. The van der Waals surface area contributed by atoms with Crippen LogP contribution in [0.4, 0.5) is 0 Å². The summed E-state index contributed by atoms with van der Waals surface area (Å²) in [4.78, 5) is 13.1. The van der Waals surface area contributed by atoms with Crippen LogP contribution in [0.5, 0.6) is 0 Å². The zero-order valence-corrected chi connectivity index (χ0v) is 31.0. The highest BCUT2D eigenvalue weighted by Crippen LogP contribution is 2.24. The van der Waals surface area contributed by atoms with Crippen LogP contribution in [0.15, 0.2) is 98.3 Å². The fourth-order valence-corrected chi connectivity index (χ4v) is 5.09. The summed E-state index contributed by atoms with van der Waals surface area (Å²) in [6.07, 6.45) is 1.86. The van der Waals surface area contributed by atoms with Gasteiger partial charge in [0.1, 0.15) is 16.6 Å². The van der Waals surface area contributed by atoms with Crippen molar-refractivity contribution in [3.8, 4) is 0 Å². The Hall–Kier alpha value is -4.95. The number of aryl methyl sites for hydroxylation is 1. The second-order valence-electron chi connectivity index (χ2n) is 13.5. The van der Waals surface area contributed by atoms with Gasteiger partial charge in [0.15, 0.2) is 34.4 Å². The average molecular weight is 724 g/mol. The molecule has 0 amide bonds. The van der Waals surface area contributed by atoms with Crippen molar-refractivity contribution in [1.82, 2.24) is 25.1 Å². The number of rotatable bonds is 4. The van der Waals surface area contributed by atoms with Crippen LogP contribution in [-0.4, -0.2) is 25.1 Å². The second-order valence-corrected chi connectivity index (χ2v) is 14.0. The van der Waals surface area contributed by atoms with Crippen molar-refractivity contribution >= 4 is 55.8 Å². The number of H-pyrrole nitrogens is 1. The number of oxazole rings is 3. The molecule has 52 heavy (non-hydrogen) atoms. The van der Waals surface area contributed by atoms with Gasteiger partial charge in [-0.2, -0.15) is 5.10 Å². The number of hydrogen-bond acceptors (Lipinski definition) is 7. The van der Waals surface area contributed by atoms with Crippen molar-refractivity contribution in [3.63, 3.8) is 0 Å². The van der Waals surface area contributed by atoms with Gasteiger partial charge in [0.05, 0.1) is 11.7 Å². The summed E-state index contributed by atoms with van der Waals surface area (Å²) in [5, 5.41) is 8.80. The first-order valence-electron chi connectivity index (χ1n) is 17.1. The Morgan fingerprint density at radius 3 is 1.63 bits per heavy atom. The summed E-state index contributed by atoms with van der Waals surface area (Å²) in [5.41, 5.74) is 8.99. The number of fused-ring (bicyclic) bond motifs is 4. The van der Waals surface area contributed by atoms with Crippen LogP contribution in [0.1, 0.15) is 123 Å². The van der Waals surface area contributed by atoms with E-state index in [2.05, 4.69) is 91.8 Å². The summed E-state index contributed by atoms with van der Waals surface area (Å²) >= 11 is 5.83. The molecule has 0 atom stereocenters. The van der Waals surface area contributed by atoms with Gasteiger partial charge in [0.2, 0.25) is 0 Å². The zero-order valence-electron chi connectivity index (χ0n) is 30.3. The van der Waals surface area contributed by atoms with Gasteiger partial charge < -0.3 is 13.3 Å². The Kier molecular flexibility index (Phi) is 14.8. The van der Waals surface area contributed by atoms with E-state index >= 15 is 0 Å². The molecule has 0 fully saturated rings. The van der Waals surface area contributed by atoms with Crippen LogP contribution in [0.2, 0.25) is 5.02 Å². The van der Waals surface area contributed by atoms with E-state index < -0.39 is 0 Å². The SMILES string of the molecule is C.C.CC(C)c1ccc2[nH]ncc2c1.CC(C)c1nc2cc(Cl)ccc2o1.CC(C)c1nc2ccccc2o1.Cc1ccc2oc(C(C)C)nc2c1. The maximum Gasteiger partial charge on any atom is 0.198 e. The molecule has 4 heterocycles. The van der Waals surface area contributed by atoms with Crippen molar-refractivity contribution in [2.45, 2.75) is 101 Å². The fraction of sp³-hybridized carbons (Fsp3) is 0.349. The molecule has 0 aliphatic rings. The van der Waals surface area contributed by atoms with Gasteiger partial charge in [-0.15, -0.1) is 0 Å². The molecule has 8 aromatic rings. The molecule has 1 N–H and O–H groups in total. The van der Waals surface area contributed by atoms with Crippen molar-refractivity contribution in [3.05, 3.63) is 119 Å². The summed E-state index contributed by atoms with van der Waals surface area (Å²) in [7, 11) is 0. The minimum atomic E-state index is 0. The lowest BCUT2D eigenvalue weighted by atomic mass is 10.0. The molecule has 0 bridgehead atoms. The largest absolute Gasteiger partial charge is 0.440 e. The van der Waals surface area contributed by atoms with E-state index in [1.54, 1.807) is 6.07 Å². The van der Waals surface area contributed by atoms with Gasteiger partial charge in [-0.1, -0.05) is 106 Å². The van der Waals surface area contributed by atoms with Crippen LogP contribution >= 0.6 is 11.6 Å². The Morgan fingerprint density at radius 1 is 0.558 bits per heavy atom. The number of nitrogens with zero attached hydrogens (tertiary/aromatic N) is 4. The molecule has 8 nitrogen and oxygen atoms in total. The van der Waals surface area contributed by atoms with Gasteiger partial charge in [0, 0.05) is 28.2 Å². The molecule has 8 rings (SSSR count). The first kappa shape index (κ1) is 41.5. The lowest BCUT2D eigenvalue weighted by molar-refractivity contribution is 0.501. The average Bonchev–Trinajstić information content (AvgIpc) is 3.89. The van der Waals surface area contributed by atoms with Crippen molar-refractivity contribution in [1.29, 1.82) is 0 Å². The minimum Gasteiger partial charge on any atom is -0.440 e. The van der Waals surface area contributed by atoms with Crippen molar-refractivity contribution in [2.75, 3.05) is 0 Å². The standard InChI is InChI=1S/C11H13NO.C10H10ClNO.C10H12N2.C10H11NO.2CH4/c1-7(2)11-12-9-6-8(3)4-5-10(9)13-11;1-6(2)10-12-8-5-7(11)3-4-9(8)13-10;1-7(2)8-3-4-10-9(5-8)6-11-12-10;1-7(2)10-11-8-5-3-4-6-9(8)12-10;;/h4-7H,1-3H3;3-6H,1-2H3;3-7H,1-2H3,(H,11,12);3-7H,1-2H3;2*1H4. The third kappa shape index (κ3) is 10.5. The molecular weight excluding hydrogens is 670 g/mol. The Morgan fingerprint density at radius 2 is 1.08 bits per heavy atom. The summed E-state index contributed by atoms with van der Waals surface area (Å²) < 4.78 is 16.6. The first-order chi connectivity index (χ1) is 23.9. The highest BCUT2D eigenvalue weighted by molar-refractivity contribution is 6.31. The lowest BCUT2D eigenvalue weighted by Crippen LogP contribution is -1.85. The molecule has 0 aliphatic heterocycles. The molecule has 0 spiro atoms. The van der Waals surface area contributed by atoms with Gasteiger partial charge in [0.25, 0.3) is 0 Å². The third-order valence-corrected chi connectivity index (χ3v) is 8.08. The van der Waals surface area contributed by atoms with E-state index in [-0.39, 0.29) is 14.9 Å². The molecule has 0 unspecified atom stereocenters. The van der Waals surface area contributed by atoms with Gasteiger partial charge >= 0.3 is 0 Å². The van der Waals surface area contributed by atoms with E-state index in [1.807, 2.05) is 74.6 Å². The predicted molar refractivity (Wildman–Crippen MR) is 218 cm³/mol. The number of aromatic nitrogens is 5. The van der Waals surface area contributed by atoms with Crippen molar-refractivity contribution in [2.24, 2.45) is 0 Å². The van der Waals surface area contributed by atoms with Crippen LogP contribution < -0.4 is 0 Å². The Labute approximate surface area is 313 Å². The molecule has 0 saturated heterocycles. The lowest BCUT2D eigenvalue weighted by Gasteiger charge is -2.03. The number of benzene rings is 4. The highest BCUT2D eigenvalue weighted by atomic mass is 35.5. The monoisotopic (exact) mass is 723 g/mol. The molecular formula is C43H54ClN5O3. The molecule has 0 radical (unpaired) electrons. The Bertz CT molecular complexity index is 2170. The molecule has 4 aromatic heterocycles. The quantitative estimate of drug-likeness (QED) is 0.192. The number of nitrogens with one attached hydrogen (secondary N) is 1. The van der Waals surface area contributed by atoms with E-state index in [4.69, 9.17) is 24.9 Å². The minimum absolute atomic E-state index is 0. The van der Waals surface area contributed by atoms with Crippen molar-refractivity contribution < 1.29 is 13.3 Å². The smallest absolute Gasteiger partial charge is 0.198 e. The number of hydrogen-bond donors (Lipinski definition) is 1. The first-order valence-corrected chi connectivity index (χ1v) is 17.5. The van der Waals surface area contributed by atoms with Crippen LogP contribution in [0.25, 0.3) is 44.2 Å². The van der Waals surface area contributed by atoms with Crippen LogP contribution in [0, 0.1) is 6.92 Å². The van der Waals surface area contributed by atoms with Crippen LogP contribution in [0.3, 0.4) is 0 Å². The number of halogens is 1. The molecule has 4 aromatic carbocycles. The van der Waals surface area contributed by atoms with E-state index in [1.165, 1.54) is 16.5 Å². The van der Waals surface area contributed by atoms with Crippen LogP contribution in [-0.2, 0) is 0 Å². The third-order valence-electron chi connectivity index (χ3n) is 7.85. The molecule has 0 aliphatic carbocycles. The molecule has 9 heteroatoms. The topological polar surface area (TPSA) is 107 Å². The maximum atomic E-state index is 5.83. The van der Waals surface area contributed by atoms with E-state index in [0.29, 0.717) is 28.7 Å². The molecule has 0 saturated carbocycles. The van der Waals surface area contributed by atoms with E-state index in [9.17, 15) is 0 Å². The van der Waals surface area contributed by atoms with Gasteiger partial charge in [-0.25, -0.2) is 15.0 Å². The molecule has 276 valence electrons. The van der Waals surface area contributed by atoms with Gasteiger partial charge in [-0.3, -0.25) is 5.10 Å². The summed E-state index contributed by atoms with van der Waals surface area (Å²) in [6.45, 7) is 18.9. The zero-order chi connectivity index (χ0) is 35.9. The fourth-order valence-electron chi connectivity index (χ4n) is 4.92. The maximum absolute atomic E-state index is 5.83. The highest BCUT2D eigenvalue weighted by Gasteiger charge is 2.10. The normalized spacial score (nSPS) is 10.9.